The highest BCUT2D eigenvalue weighted by Gasteiger charge is 2.32. The molecule has 6 heteroatoms. The number of amides is 2. The third kappa shape index (κ3) is 7.43. The molecule has 1 saturated carbocycles. The first-order valence-electron chi connectivity index (χ1n) is 12.1. The number of rotatable bonds is 10. The predicted molar refractivity (Wildman–Crippen MR) is 138 cm³/mol. The van der Waals surface area contributed by atoms with E-state index in [0.29, 0.717) is 6.42 Å². The molecule has 2 amide bonds. The van der Waals surface area contributed by atoms with Crippen molar-refractivity contribution in [3.05, 3.63) is 102 Å². The monoisotopic (exact) mass is 490 g/mol. The van der Waals surface area contributed by atoms with Crippen molar-refractivity contribution < 1.29 is 14.0 Å². The van der Waals surface area contributed by atoms with Gasteiger partial charge in [-0.15, -0.1) is 11.8 Å². The van der Waals surface area contributed by atoms with Crippen LogP contribution in [0.15, 0.2) is 89.8 Å². The number of thioether (sulfide) groups is 1. The number of carbonyl (C=O) groups is 2. The van der Waals surface area contributed by atoms with E-state index in [4.69, 9.17) is 0 Å². The second-order valence-corrected chi connectivity index (χ2v) is 9.99. The maximum atomic E-state index is 13.6. The van der Waals surface area contributed by atoms with Crippen LogP contribution in [0.3, 0.4) is 0 Å². The Balaban J connectivity index is 1.60. The van der Waals surface area contributed by atoms with E-state index in [1.54, 1.807) is 17.0 Å². The number of nitrogens with one attached hydrogen (secondary N) is 1. The molecule has 3 aromatic carbocycles. The topological polar surface area (TPSA) is 49.4 Å². The van der Waals surface area contributed by atoms with Gasteiger partial charge < -0.3 is 10.2 Å². The minimum atomic E-state index is -0.660. The second kappa shape index (κ2) is 12.5. The molecule has 0 aromatic heterocycles. The molecule has 1 N–H and O–H groups in total. The zero-order chi connectivity index (χ0) is 24.5. The molecule has 1 fully saturated rings. The average Bonchev–Trinajstić information content (AvgIpc) is 3.40. The lowest BCUT2D eigenvalue weighted by Gasteiger charge is -2.32. The lowest BCUT2D eigenvalue weighted by Crippen LogP contribution is -2.52. The van der Waals surface area contributed by atoms with E-state index in [1.807, 2.05) is 60.7 Å². The van der Waals surface area contributed by atoms with Crippen LogP contribution in [0.5, 0.6) is 0 Å². The lowest BCUT2D eigenvalue weighted by molar-refractivity contribution is -0.139. The molecule has 0 radical (unpaired) electrons. The zero-order valence-electron chi connectivity index (χ0n) is 19.7. The van der Waals surface area contributed by atoms with E-state index in [-0.39, 0.29) is 36.0 Å². The second-order valence-electron chi connectivity index (χ2n) is 8.95. The number of nitrogens with zero attached hydrogens (tertiary/aromatic N) is 1. The van der Waals surface area contributed by atoms with Gasteiger partial charge in [0.1, 0.15) is 11.9 Å². The molecular weight excluding hydrogens is 459 g/mol. The lowest BCUT2D eigenvalue weighted by atomic mass is 10.0. The normalized spacial score (nSPS) is 14.4. The van der Waals surface area contributed by atoms with Crippen molar-refractivity contribution in [3.63, 3.8) is 0 Å². The molecule has 0 spiro atoms. The van der Waals surface area contributed by atoms with Crippen molar-refractivity contribution in [2.45, 2.75) is 55.6 Å². The Morgan fingerprint density at radius 2 is 1.51 bits per heavy atom. The van der Waals surface area contributed by atoms with Crippen LogP contribution >= 0.6 is 11.8 Å². The van der Waals surface area contributed by atoms with Gasteiger partial charge in [0, 0.05) is 23.9 Å². The third-order valence-electron chi connectivity index (χ3n) is 6.34. The predicted octanol–water partition coefficient (Wildman–Crippen LogP) is 5.62. The van der Waals surface area contributed by atoms with Gasteiger partial charge in [0.15, 0.2) is 0 Å². The van der Waals surface area contributed by atoms with Gasteiger partial charge in [-0.05, 0) is 48.2 Å². The van der Waals surface area contributed by atoms with Crippen molar-refractivity contribution in [2.75, 3.05) is 5.75 Å². The molecule has 182 valence electrons. The Kier molecular flexibility index (Phi) is 8.96. The number of benzene rings is 3. The molecule has 0 aliphatic heterocycles. The van der Waals surface area contributed by atoms with Gasteiger partial charge in [0.25, 0.3) is 0 Å². The highest BCUT2D eigenvalue weighted by molar-refractivity contribution is 8.00. The van der Waals surface area contributed by atoms with Gasteiger partial charge in [0.2, 0.25) is 11.8 Å². The van der Waals surface area contributed by atoms with Crippen molar-refractivity contribution in [3.8, 4) is 0 Å². The molecule has 35 heavy (non-hydrogen) atoms. The minimum Gasteiger partial charge on any atom is -0.352 e. The maximum absolute atomic E-state index is 13.6. The Bertz CT molecular complexity index is 1090. The molecular formula is C29H31FN2O2S. The van der Waals surface area contributed by atoms with E-state index in [0.717, 1.165) is 41.7 Å². The zero-order valence-corrected chi connectivity index (χ0v) is 20.6. The van der Waals surface area contributed by atoms with Crippen LogP contribution < -0.4 is 5.32 Å². The molecule has 0 heterocycles. The summed E-state index contributed by atoms with van der Waals surface area (Å²) in [6, 6.07) is 25.2. The Labute approximate surface area is 210 Å². The van der Waals surface area contributed by atoms with Gasteiger partial charge >= 0.3 is 0 Å². The fraction of sp³-hybridized carbons (Fsp3) is 0.310. The molecule has 0 unspecified atom stereocenters. The number of hydrogen-bond acceptors (Lipinski definition) is 3. The first-order valence-corrected chi connectivity index (χ1v) is 13.1. The molecule has 3 aromatic rings. The van der Waals surface area contributed by atoms with Crippen molar-refractivity contribution in [2.24, 2.45) is 0 Å². The summed E-state index contributed by atoms with van der Waals surface area (Å²) in [7, 11) is 0. The Morgan fingerprint density at radius 1 is 0.886 bits per heavy atom. The van der Waals surface area contributed by atoms with Crippen LogP contribution in [0.4, 0.5) is 4.39 Å². The molecule has 0 bridgehead atoms. The van der Waals surface area contributed by atoms with Crippen LogP contribution in [0.2, 0.25) is 0 Å². The van der Waals surface area contributed by atoms with E-state index in [1.165, 1.54) is 23.9 Å². The number of carbonyl (C=O) groups excluding carboxylic acids is 2. The highest BCUT2D eigenvalue weighted by atomic mass is 32.2. The smallest absolute Gasteiger partial charge is 0.243 e. The largest absolute Gasteiger partial charge is 0.352 e. The molecule has 1 aliphatic rings. The van der Waals surface area contributed by atoms with Gasteiger partial charge in [-0.3, -0.25) is 9.59 Å². The van der Waals surface area contributed by atoms with E-state index in [2.05, 4.69) is 5.32 Å². The summed E-state index contributed by atoms with van der Waals surface area (Å²) in [5.41, 5.74) is 1.78. The summed E-state index contributed by atoms with van der Waals surface area (Å²) in [5.74, 6) is -0.356. The van der Waals surface area contributed by atoms with Crippen molar-refractivity contribution in [1.82, 2.24) is 10.2 Å². The van der Waals surface area contributed by atoms with Crippen molar-refractivity contribution >= 4 is 23.6 Å². The van der Waals surface area contributed by atoms with E-state index in [9.17, 15) is 14.0 Å². The molecule has 4 nitrogen and oxygen atoms in total. The maximum Gasteiger partial charge on any atom is 0.243 e. The SMILES string of the molecule is O=C(NC1CCCC1)[C@@H](Cc1ccccc1)N(Cc1ccc(F)cc1)C(=O)CSc1ccccc1. The number of halogens is 1. The molecule has 1 atom stereocenters. The first kappa shape index (κ1) is 25.0. The summed E-state index contributed by atoms with van der Waals surface area (Å²) in [4.78, 5) is 29.9. The first-order chi connectivity index (χ1) is 17.1. The van der Waals surface area contributed by atoms with Crippen LogP contribution in [-0.4, -0.2) is 34.6 Å². The molecule has 0 saturated heterocycles. The summed E-state index contributed by atoms with van der Waals surface area (Å²) in [5, 5.41) is 3.20. The molecule has 4 rings (SSSR count). The van der Waals surface area contributed by atoms with Crippen molar-refractivity contribution in [1.29, 1.82) is 0 Å². The summed E-state index contributed by atoms with van der Waals surface area (Å²) >= 11 is 1.46. The average molecular weight is 491 g/mol. The quantitative estimate of drug-likeness (QED) is 0.376. The summed E-state index contributed by atoms with van der Waals surface area (Å²) in [6.45, 7) is 0.240. The van der Waals surface area contributed by atoms with Gasteiger partial charge in [-0.1, -0.05) is 73.5 Å². The summed E-state index contributed by atoms with van der Waals surface area (Å²) < 4.78 is 13.5. The van der Waals surface area contributed by atoms with Crippen LogP contribution in [-0.2, 0) is 22.6 Å². The van der Waals surface area contributed by atoms with E-state index < -0.39 is 6.04 Å². The minimum absolute atomic E-state index is 0.120. The van der Waals surface area contributed by atoms with Gasteiger partial charge in [-0.2, -0.15) is 0 Å². The number of hydrogen-bond donors (Lipinski definition) is 1. The Hall–Kier alpha value is -3.12. The van der Waals surface area contributed by atoms with Crippen LogP contribution in [0.1, 0.15) is 36.8 Å². The van der Waals surface area contributed by atoms with Crippen LogP contribution in [0.25, 0.3) is 0 Å². The summed E-state index contributed by atoms with van der Waals surface area (Å²) in [6.07, 6.45) is 4.59. The molecule has 1 aliphatic carbocycles. The van der Waals surface area contributed by atoms with Crippen LogP contribution in [0, 0.1) is 5.82 Å². The van der Waals surface area contributed by atoms with Gasteiger partial charge in [-0.25, -0.2) is 4.39 Å². The fourth-order valence-corrected chi connectivity index (χ4v) is 5.26. The fourth-order valence-electron chi connectivity index (χ4n) is 4.45. The highest BCUT2D eigenvalue weighted by Crippen LogP contribution is 2.22. The standard InChI is InChI=1S/C29H31FN2O2S/c30-24-17-15-23(16-18-24)20-32(28(33)21-35-26-13-5-2-6-14-26)27(19-22-9-3-1-4-10-22)29(34)31-25-11-7-8-12-25/h1-6,9-10,13-18,25,27H,7-8,11-12,19-21H2,(H,31,34)/t27-/m1/s1. The third-order valence-corrected chi connectivity index (χ3v) is 7.34. The van der Waals surface area contributed by atoms with E-state index >= 15 is 0 Å². The Morgan fingerprint density at radius 3 is 2.17 bits per heavy atom. The van der Waals surface area contributed by atoms with Gasteiger partial charge in [0.05, 0.1) is 5.75 Å².